The summed E-state index contributed by atoms with van der Waals surface area (Å²) in [6.45, 7) is 0.637. The Balaban J connectivity index is 1.49. The van der Waals surface area contributed by atoms with Crippen LogP contribution in [0.25, 0.3) is 5.00 Å². The van der Waals surface area contributed by atoms with Crippen LogP contribution in [0.4, 0.5) is 4.79 Å². The van der Waals surface area contributed by atoms with Gasteiger partial charge in [0, 0.05) is 27.7 Å². The molecule has 0 bridgehead atoms. The van der Waals surface area contributed by atoms with Crippen molar-refractivity contribution >= 4 is 29.0 Å². The fraction of sp³-hybridized carbons (Fsp3) is 0.423. The quantitative estimate of drug-likeness (QED) is 0.453. The molecular weight excluding hydrogens is 438 g/mol. The van der Waals surface area contributed by atoms with Crippen LogP contribution in [0.15, 0.2) is 42.6 Å². The highest BCUT2D eigenvalue weighted by Gasteiger charge is 2.36. The lowest BCUT2D eigenvalue weighted by atomic mass is 9.95. The zero-order chi connectivity index (χ0) is 21.7. The summed E-state index contributed by atoms with van der Waals surface area (Å²) >= 11 is 8.33. The van der Waals surface area contributed by atoms with Crippen molar-refractivity contribution in [3.63, 3.8) is 0 Å². The van der Waals surface area contributed by atoms with Gasteiger partial charge in [0.25, 0.3) is 0 Å². The zero-order valence-electron chi connectivity index (χ0n) is 18.1. The van der Waals surface area contributed by atoms with Crippen LogP contribution in [-0.2, 0) is 19.4 Å². The van der Waals surface area contributed by atoms with Gasteiger partial charge in [0.05, 0.1) is 18.3 Å². The molecule has 1 atom stereocenters. The first-order valence-corrected chi connectivity index (χ1v) is 13.0. The van der Waals surface area contributed by atoms with E-state index in [9.17, 15) is 4.79 Å². The molecule has 0 spiro atoms. The van der Waals surface area contributed by atoms with Crippen LogP contribution in [0.5, 0.6) is 0 Å². The van der Waals surface area contributed by atoms with E-state index in [0.29, 0.717) is 11.6 Å². The molecule has 3 aromatic rings. The Morgan fingerprint density at radius 1 is 1.03 bits per heavy atom. The molecule has 166 valence electrons. The molecule has 6 heteroatoms. The van der Waals surface area contributed by atoms with Crippen molar-refractivity contribution in [3.8, 4) is 5.00 Å². The zero-order valence-corrected chi connectivity index (χ0v) is 19.7. The van der Waals surface area contributed by atoms with Gasteiger partial charge in [-0.25, -0.2) is 4.79 Å². The van der Waals surface area contributed by atoms with Gasteiger partial charge in [0.2, 0.25) is 0 Å². The lowest BCUT2D eigenvalue weighted by Crippen LogP contribution is -2.45. The van der Waals surface area contributed by atoms with Gasteiger partial charge in [-0.1, -0.05) is 36.6 Å². The lowest BCUT2D eigenvalue weighted by Gasteiger charge is -2.32. The highest BCUT2D eigenvalue weighted by atomic mass is 35.5. The Bertz CT molecular complexity index is 1160. The van der Waals surface area contributed by atoms with E-state index < -0.39 is 0 Å². The van der Waals surface area contributed by atoms with Gasteiger partial charge in [-0.2, -0.15) is 0 Å². The molecule has 1 unspecified atom stereocenters. The van der Waals surface area contributed by atoms with Gasteiger partial charge in [0.15, 0.2) is 0 Å². The molecule has 6 rings (SSSR count). The van der Waals surface area contributed by atoms with Crippen LogP contribution in [-0.4, -0.2) is 21.5 Å². The molecular formula is C26H28ClN3OS. The van der Waals surface area contributed by atoms with Crippen LogP contribution >= 0.6 is 22.9 Å². The van der Waals surface area contributed by atoms with E-state index in [1.54, 1.807) is 0 Å². The third-order valence-electron chi connectivity index (χ3n) is 7.29. The minimum atomic E-state index is -0.177. The van der Waals surface area contributed by atoms with E-state index in [0.717, 1.165) is 36.9 Å². The third-order valence-corrected chi connectivity index (χ3v) is 8.86. The number of fused-ring (bicyclic) bond motifs is 5. The predicted molar refractivity (Wildman–Crippen MR) is 130 cm³/mol. The van der Waals surface area contributed by atoms with E-state index in [1.807, 2.05) is 29.5 Å². The summed E-state index contributed by atoms with van der Waals surface area (Å²) in [7, 11) is 0. The number of nitrogens with one attached hydrogen (secondary N) is 1. The molecule has 4 nitrogen and oxygen atoms in total. The summed E-state index contributed by atoms with van der Waals surface area (Å²) in [5.41, 5.74) is 5.02. The molecule has 1 saturated carbocycles. The van der Waals surface area contributed by atoms with E-state index in [4.69, 9.17) is 11.6 Å². The molecule has 1 aliphatic heterocycles. The lowest BCUT2D eigenvalue weighted by molar-refractivity contribution is 0.176. The molecule has 3 heterocycles. The van der Waals surface area contributed by atoms with Crippen LogP contribution in [0, 0.1) is 0 Å². The van der Waals surface area contributed by atoms with Crippen LogP contribution < -0.4 is 5.32 Å². The second kappa shape index (κ2) is 8.27. The third kappa shape index (κ3) is 3.46. The van der Waals surface area contributed by atoms with E-state index in [-0.39, 0.29) is 18.1 Å². The van der Waals surface area contributed by atoms with Gasteiger partial charge in [0.1, 0.15) is 5.00 Å². The average Bonchev–Trinajstić information content (AvgIpc) is 3.53. The second-order valence-electron chi connectivity index (χ2n) is 9.31. The van der Waals surface area contributed by atoms with E-state index >= 15 is 0 Å². The van der Waals surface area contributed by atoms with Crippen molar-refractivity contribution in [2.45, 2.75) is 70.0 Å². The van der Waals surface area contributed by atoms with E-state index in [2.05, 4.69) is 39.2 Å². The number of nitrogens with zero attached hydrogens (tertiary/aromatic N) is 2. The molecule has 32 heavy (non-hydrogen) atoms. The largest absolute Gasteiger partial charge is 0.335 e. The number of thiophene rings is 1. The van der Waals surface area contributed by atoms with Gasteiger partial charge in [-0.3, -0.25) is 0 Å². The molecule has 0 saturated heterocycles. The summed E-state index contributed by atoms with van der Waals surface area (Å²) in [6, 6.07) is 12.4. The predicted octanol–water partition coefficient (Wildman–Crippen LogP) is 6.63. The maximum atomic E-state index is 13.8. The van der Waals surface area contributed by atoms with Crippen molar-refractivity contribution in [3.05, 3.63) is 74.9 Å². The SMILES string of the molecule is O=C(NC1CCCC1)N1Cc2c(sc3c2CCCC3)-n2cccc2C1c1cccc(Cl)c1. The van der Waals surface area contributed by atoms with Gasteiger partial charge >= 0.3 is 6.03 Å². The highest BCUT2D eigenvalue weighted by Crippen LogP contribution is 2.44. The van der Waals surface area contributed by atoms with Crippen LogP contribution in [0.2, 0.25) is 5.02 Å². The summed E-state index contributed by atoms with van der Waals surface area (Å²) in [5, 5.41) is 5.36. The van der Waals surface area contributed by atoms with Gasteiger partial charge in [-0.05, 0) is 73.9 Å². The number of aryl methyl sites for hydroxylation is 1. The Kier molecular flexibility index (Phi) is 5.27. The number of hydrogen-bond donors (Lipinski definition) is 1. The molecule has 2 amide bonds. The van der Waals surface area contributed by atoms with Crippen LogP contribution in [0.1, 0.15) is 71.8 Å². The second-order valence-corrected chi connectivity index (χ2v) is 10.8. The minimum Gasteiger partial charge on any atom is -0.335 e. The minimum absolute atomic E-state index is 0.0400. The standard InChI is InChI=1S/C26H28ClN3OS/c27-18-8-5-7-17(15-18)24-22-12-6-14-29(22)25-21(20-11-3-4-13-23(20)32-25)16-30(24)26(31)28-19-9-1-2-10-19/h5-8,12,14-15,19,24H,1-4,9-11,13,16H2,(H,28,31). The molecule has 1 fully saturated rings. The van der Waals surface area contributed by atoms with Gasteiger partial charge < -0.3 is 14.8 Å². The maximum absolute atomic E-state index is 13.8. The molecule has 2 aromatic heterocycles. The van der Waals surface area contributed by atoms with Gasteiger partial charge in [-0.15, -0.1) is 11.3 Å². The fourth-order valence-electron chi connectivity index (χ4n) is 5.74. The Hall–Kier alpha value is -2.24. The van der Waals surface area contributed by atoms with Crippen molar-refractivity contribution in [1.82, 2.24) is 14.8 Å². The first-order valence-electron chi connectivity index (χ1n) is 11.8. The maximum Gasteiger partial charge on any atom is 0.318 e. The molecule has 1 aromatic carbocycles. The molecule has 2 aliphatic carbocycles. The average molecular weight is 466 g/mol. The molecule has 3 aliphatic rings. The highest BCUT2D eigenvalue weighted by molar-refractivity contribution is 7.15. The number of hydrogen-bond acceptors (Lipinski definition) is 2. The Morgan fingerprint density at radius 2 is 1.88 bits per heavy atom. The molecule has 0 radical (unpaired) electrons. The van der Waals surface area contributed by atoms with Crippen molar-refractivity contribution < 1.29 is 4.79 Å². The number of halogens is 1. The number of aromatic nitrogens is 1. The number of urea groups is 1. The summed E-state index contributed by atoms with van der Waals surface area (Å²) < 4.78 is 2.33. The van der Waals surface area contributed by atoms with Crippen LogP contribution in [0.3, 0.4) is 0 Å². The monoisotopic (exact) mass is 465 g/mol. The number of rotatable bonds is 2. The number of amides is 2. The normalized spacial score (nSPS) is 20.4. The Morgan fingerprint density at radius 3 is 2.72 bits per heavy atom. The molecule has 1 N–H and O–H groups in total. The Labute approximate surface area is 198 Å². The fourth-order valence-corrected chi connectivity index (χ4v) is 7.34. The number of carbonyl (C=O) groups is 1. The smallest absolute Gasteiger partial charge is 0.318 e. The number of carbonyl (C=O) groups excluding carboxylic acids is 1. The van der Waals surface area contributed by atoms with Crippen molar-refractivity contribution in [2.75, 3.05) is 0 Å². The van der Waals surface area contributed by atoms with Crippen molar-refractivity contribution in [1.29, 1.82) is 0 Å². The first-order chi connectivity index (χ1) is 15.7. The topological polar surface area (TPSA) is 37.3 Å². The van der Waals surface area contributed by atoms with Crippen molar-refractivity contribution in [2.24, 2.45) is 0 Å². The summed E-state index contributed by atoms with van der Waals surface area (Å²) in [6.07, 6.45) is 11.5. The summed E-state index contributed by atoms with van der Waals surface area (Å²) in [5.74, 6) is 0. The first kappa shape index (κ1) is 20.4. The summed E-state index contributed by atoms with van der Waals surface area (Å²) in [4.78, 5) is 17.4. The van der Waals surface area contributed by atoms with E-state index in [1.165, 1.54) is 46.7 Å². The number of benzene rings is 1.